The molecule has 0 bridgehead atoms. The summed E-state index contributed by atoms with van der Waals surface area (Å²) in [4.78, 5) is 12.9. The van der Waals surface area contributed by atoms with Crippen molar-refractivity contribution in [3.05, 3.63) is 42.7 Å². The summed E-state index contributed by atoms with van der Waals surface area (Å²) in [6.07, 6.45) is -1.87. The molecule has 0 saturated carbocycles. The van der Waals surface area contributed by atoms with Gasteiger partial charge in [-0.25, -0.2) is 15.0 Å². The summed E-state index contributed by atoms with van der Waals surface area (Å²) in [6.45, 7) is 6.38. The van der Waals surface area contributed by atoms with E-state index in [0.717, 1.165) is 30.2 Å². The van der Waals surface area contributed by atoms with Crippen LogP contribution in [0.5, 0.6) is 5.75 Å². The molecule has 0 spiro atoms. The van der Waals surface area contributed by atoms with Gasteiger partial charge < -0.3 is 15.0 Å². The number of halogens is 3. The molecule has 28 heavy (non-hydrogen) atoms. The van der Waals surface area contributed by atoms with E-state index in [1.54, 1.807) is 12.1 Å². The summed E-state index contributed by atoms with van der Waals surface area (Å²) in [6, 6.07) is 5.91. The molecule has 0 unspecified atom stereocenters. The number of nitrogens with two attached hydrogens (primary N) is 1. The summed E-state index contributed by atoms with van der Waals surface area (Å²) in [5.41, 5.74) is 7.88. The number of nitrogen functional groups attached to an aromatic ring is 1. The standard InChI is InChI=1S/C18H18F3N5OS/c1-11(2)6-5-9-26-16-14(15(22)23-10-24-16)25-17(26)28-13-8-4-3-7-12(13)27-18(19,20)21/h3-4,7-8,10H,1,5-6,9H2,2H3,(H2,22,23,24). The highest BCUT2D eigenvalue weighted by Crippen LogP contribution is 2.38. The predicted molar refractivity (Wildman–Crippen MR) is 101 cm³/mol. The van der Waals surface area contributed by atoms with Crippen molar-refractivity contribution in [2.75, 3.05) is 5.73 Å². The van der Waals surface area contributed by atoms with Gasteiger partial charge in [0, 0.05) is 6.54 Å². The molecule has 0 fully saturated rings. The fourth-order valence-corrected chi connectivity index (χ4v) is 3.57. The lowest BCUT2D eigenvalue weighted by atomic mass is 10.2. The van der Waals surface area contributed by atoms with E-state index < -0.39 is 6.36 Å². The van der Waals surface area contributed by atoms with Crippen molar-refractivity contribution in [1.29, 1.82) is 0 Å². The van der Waals surface area contributed by atoms with E-state index >= 15 is 0 Å². The first-order valence-corrected chi connectivity index (χ1v) is 9.20. The van der Waals surface area contributed by atoms with Crippen LogP contribution in [0.3, 0.4) is 0 Å². The van der Waals surface area contributed by atoms with Gasteiger partial charge in [-0.15, -0.1) is 19.8 Å². The highest BCUT2D eigenvalue weighted by atomic mass is 32.2. The number of nitrogens with zero attached hydrogens (tertiary/aromatic N) is 4. The van der Waals surface area contributed by atoms with Crippen LogP contribution in [0.4, 0.5) is 19.0 Å². The van der Waals surface area contributed by atoms with Gasteiger partial charge >= 0.3 is 6.36 Å². The summed E-state index contributed by atoms with van der Waals surface area (Å²) in [5, 5.41) is 0.460. The number of para-hydroxylation sites is 1. The first-order valence-electron chi connectivity index (χ1n) is 8.38. The maximum absolute atomic E-state index is 12.7. The second-order valence-corrected chi connectivity index (χ2v) is 7.14. The van der Waals surface area contributed by atoms with Crippen molar-refractivity contribution in [2.45, 2.75) is 42.7 Å². The average Bonchev–Trinajstić information content (AvgIpc) is 2.94. The molecule has 2 heterocycles. The zero-order valence-corrected chi connectivity index (χ0v) is 15.8. The van der Waals surface area contributed by atoms with Crippen LogP contribution in [0.1, 0.15) is 19.8 Å². The molecule has 3 aromatic rings. The minimum absolute atomic E-state index is 0.213. The molecule has 6 nitrogen and oxygen atoms in total. The maximum Gasteiger partial charge on any atom is 0.573 e. The molecule has 148 valence electrons. The predicted octanol–water partition coefficient (Wildman–Crippen LogP) is 4.81. The fourth-order valence-electron chi connectivity index (χ4n) is 2.59. The van der Waals surface area contributed by atoms with Crippen LogP contribution in [-0.2, 0) is 6.54 Å². The molecule has 10 heteroatoms. The average molecular weight is 409 g/mol. The Morgan fingerprint density at radius 1 is 1.29 bits per heavy atom. The highest BCUT2D eigenvalue weighted by Gasteiger charge is 2.32. The molecule has 2 aromatic heterocycles. The molecule has 0 aliphatic rings. The lowest BCUT2D eigenvalue weighted by Crippen LogP contribution is -2.17. The van der Waals surface area contributed by atoms with Crippen LogP contribution >= 0.6 is 11.8 Å². The van der Waals surface area contributed by atoms with Crippen molar-refractivity contribution in [2.24, 2.45) is 0 Å². The molecular formula is C18H18F3N5OS. The van der Waals surface area contributed by atoms with E-state index in [2.05, 4.69) is 26.3 Å². The molecule has 0 radical (unpaired) electrons. The Hall–Kier alpha value is -2.75. The van der Waals surface area contributed by atoms with Gasteiger partial charge in [0.05, 0.1) is 4.90 Å². The zero-order chi connectivity index (χ0) is 20.3. The van der Waals surface area contributed by atoms with Crippen molar-refractivity contribution < 1.29 is 17.9 Å². The van der Waals surface area contributed by atoms with Crippen molar-refractivity contribution >= 4 is 28.7 Å². The number of imidazole rings is 1. The molecule has 1 aromatic carbocycles. The topological polar surface area (TPSA) is 78.9 Å². The Kier molecular flexibility index (Phi) is 5.78. The van der Waals surface area contributed by atoms with Gasteiger partial charge in [0.25, 0.3) is 0 Å². The Morgan fingerprint density at radius 2 is 2.04 bits per heavy atom. The molecule has 0 amide bonds. The van der Waals surface area contributed by atoms with Crippen LogP contribution in [0, 0.1) is 0 Å². The van der Waals surface area contributed by atoms with E-state index in [1.165, 1.54) is 18.5 Å². The van der Waals surface area contributed by atoms with E-state index in [4.69, 9.17) is 5.73 Å². The van der Waals surface area contributed by atoms with Crippen LogP contribution < -0.4 is 10.5 Å². The number of aromatic nitrogens is 4. The van der Waals surface area contributed by atoms with Crippen LogP contribution in [-0.4, -0.2) is 25.9 Å². The molecule has 0 aliphatic heterocycles. The first kappa shape index (κ1) is 20.0. The second-order valence-electron chi connectivity index (χ2n) is 6.13. The van der Waals surface area contributed by atoms with Crippen molar-refractivity contribution in [3.8, 4) is 5.75 Å². The van der Waals surface area contributed by atoms with Gasteiger partial charge in [0.2, 0.25) is 0 Å². The number of allylic oxidation sites excluding steroid dienone is 1. The maximum atomic E-state index is 12.7. The molecule has 2 N–H and O–H groups in total. The zero-order valence-electron chi connectivity index (χ0n) is 15.0. The van der Waals surface area contributed by atoms with E-state index in [-0.39, 0.29) is 16.5 Å². The van der Waals surface area contributed by atoms with Crippen molar-refractivity contribution in [1.82, 2.24) is 19.5 Å². The SMILES string of the molecule is C=C(C)CCCn1c(Sc2ccccc2OC(F)(F)F)nc2c(N)ncnc21. The second kappa shape index (κ2) is 8.09. The molecule has 0 saturated heterocycles. The summed E-state index contributed by atoms with van der Waals surface area (Å²) in [7, 11) is 0. The van der Waals surface area contributed by atoms with E-state index in [1.807, 2.05) is 11.5 Å². The van der Waals surface area contributed by atoms with E-state index in [0.29, 0.717) is 22.9 Å². The molecular weight excluding hydrogens is 391 g/mol. The van der Waals surface area contributed by atoms with Gasteiger partial charge in [-0.05, 0) is 43.7 Å². The minimum atomic E-state index is -4.78. The van der Waals surface area contributed by atoms with Crippen LogP contribution in [0.15, 0.2) is 52.8 Å². The largest absolute Gasteiger partial charge is 0.573 e. The highest BCUT2D eigenvalue weighted by molar-refractivity contribution is 7.99. The molecule has 0 aliphatic carbocycles. The van der Waals surface area contributed by atoms with Gasteiger partial charge in [-0.1, -0.05) is 17.7 Å². The Morgan fingerprint density at radius 3 is 2.75 bits per heavy atom. The van der Waals surface area contributed by atoms with Gasteiger partial charge in [-0.3, -0.25) is 0 Å². The van der Waals surface area contributed by atoms with Crippen molar-refractivity contribution in [3.63, 3.8) is 0 Å². The third-order valence-electron chi connectivity index (χ3n) is 3.79. The number of ether oxygens (including phenoxy) is 1. The lowest BCUT2D eigenvalue weighted by molar-refractivity contribution is -0.275. The fraction of sp³-hybridized carbons (Fsp3) is 0.278. The first-order chi connectivity index (χ1) is 13.2. The third kappa shape index (κ3) is 4.75. The normalized spacial score (nSPS) is 11.7. The third-order valence-corrected chi connectivity index (χ3v) is 4.84. The Labute approximate surface area is 163 Å². The number of aryl methyl sites for hydroxylation is 1. The number of hydrogen-bond donors (Lipinski definition) is 1. The number of benzene rings is 1. The summed E-state index contributed by atoms with van der Waals surface area (Å²) >= 11 is 1.06. The smallest absolute Gasteiger partial charge is 0.405 e. The molecule has 3 rings (SSSR count). The monoisotopic (exact) mass is 409 g/mol. The number of anilines is 1. The van der Waals surface area contributed by atoms with Crippen LogP contribution in [0.25, 0.3) is 11.2 Å². The summed E-state index contributed by atoms with van der Waals surface area (Å²) in [5.74, 6) is -0.0788. The molecule has 0 atom stereocenters. The number of hydrogen-bond acceptors (Lipinski definition) is 6. The van der Waals surface area contributed by atoms with Crippen LogP contribution in [0.2, 0.25) is 0 Å². The number of rotatable bonds is 7. The number of fused-ring (bicyclic) bond motifs is 1. The number of alkyl halides is 3. The van der Waals surface area contributed by atoms with Gasteiger partial charge in [-0.2, -0.15) is 0 Å². The summed E-state index contributed by atoms with van der Waals surface area (Å²) < 4.78 is 44.1. The Balaban J connectivity index is 1.99. The quantitative estimate of drug-likeness (QED) is 0.564. The Bertz CT molecular complexity index is 1000. The van der Waals surface area contributed by atoms with E-state index in [9.17, 15) is 13.2 Å². The van der Waals surface area contributed by atoms with Gasteiger partial charge in [0.15, 0.2) is 22.1 Å². The minimum Gasteiger partial charge on any atom is -0.405 e. The van der Waals surface area contributed by atoms with Gasteiger partial charge in [0.1, 0.15) is 12.1 Å². The lowest BCUT2D eigenvalue weighted by Gasteiger charge is -2.13.